The second kappa shape index (κ2) is 5.53. The van der Waals surface area contributed by atoms with Crippen LogP contribution in [0.4, 0.5) is 16.2 Å². The molecule has 0 spiro atoms. The number of carbonyl (C=O) groups excluding carboxylic acids is 1. The number of benzene rings is 1. The molecule has 0 aliphatic heterocycles. The zero-order valence-corrected chi connectivity index (χ0v) is 11.0. The Morgan fingerprint density at radius 3 is 2.53 bits per heavy atom. The Bertz CT molecular complexity index is 608. The molecule has 0 atom stereocenters. The number of carboxylic acid groups (broad SMARTS) is 1. The molecule has 3 N–H and O–H groups in total. The van der Waals surface area contributed by atoms with Crippen LogP contribution in [0.25, 0.3) is 0 Å². The van der Waals surface area contributed by atoms with Crippen molar-refractivity contribution in [3.63, 3.8) is 0 Å². The van der Waals surface area contributed by atoms with Gasteiger partial charge in [0.15, 0.2) is 0 Å². The summed E-state index contributed by atoms with van der Waals surface area (Å²) in [6, 6.07) is 6.13. The van der Waals surface area contributed by atoms with Crippen molar-refractivity contribution in [3.05, 3.63) is 46.2 Å². The highest BCUT2D eigenvalue weighted by molar-refractivity contribution is 7.08. The second-order valence-corrected chi connectivity index (χ2v) is 4.71. The molecular weight excluding hydrogens is 264 g/mol. The highest BCUT2D eigenvalue weighted by Gasteiger charge is 2.09. The number of aryl methyl sites for hydroxylation is 1. The molecule has 5 nitrogen and oxygen atoms in total. The lowest BCUT2D eigenvalue weighted by atomic mass is 10.1. The SMILES string of the molecule is Cc1ccc(NC(=O)Nc2ccsc2)cc1C(=O)O. The number of hydrogen-bond donors (Lipinski definition) is 3. The minimum Gasteiger partial charge on any atom is -0.478 e. The lowest BCUT2D eigenvalue weighted by Gasteiger charge is -2.08. The topological polar surface area (TPSA) is 78.4 Å². The van der Waals surface area contributed by atoms with E-state index in [9.17, 15) is 9.59 Å². The Morgan fingerprint density at radius 1 is 1.16 bits per heavy atom. The maximum Gasteiger partial charge on any atom is 0.336 e. The summed E-state index contributed by atoms with van der Waals surface area (Å²) in [7, 11) is 0. The maximum atomic E-state index is 11.7. The summed E-state index contributed by atoms with van der Waals surface area (Å²) in [6.07, 6.45) is 0. The third-order valence-electron chi connectivity index (χ3n) is 2.50. The minimum absolute atomic E-state index is 0.174. The maximum absolute atomic E-state index is 11.7. The number of rotatable bonds is 3. The van der Waals surface area contributed by atoms with E-state index in [0.717, 1.165) is 0 Å². The van der Waals surface area contributed by atoms with E-state index in [0.29, 0.717) is 16.9 Å². The van der Waals surface area contributed by atoms with Crippen LogP contribution in [0, 0.1) is 6.92 Å². The number of anilines is 2. The predicted molar refractivity (Wildman–Crippen MR) is 75.1 cm³/mol. The molecule has 0 aliphatic rings. The summed E-state index contributed by atoms with van der Waals surface area (Å²) in [5.74, 6) is -1.01. The molecule has 1 aromatic carbocycles. The first-order chi connectivity index (χ1) is 9.06. The molecule has 0 bridgehead atoms. The first-order valence-electron chi connectivity index (χ1n) is 5.50. The van der Waals surface area contributed by atoms with E-state index in [2.05, 4.69) is 10.6 Å². The molecule has 1 heterocycles. The number of amides is 2. The molecule has 2 amide bonds. The van der Waals surface area contributed by atoms with Gasteiger partial charge in [-0.05, 0) is 36.1 Å². The van der Waals surface area contributed by atoms with E-state index < -0.39 is 12.0 Å². The molecule has 0 aliphatic carbocycles. The van der Waals surface area contributed by atoms with Crippen LogP contribution in [0.5, 0.6) is 0 Å². The van der Waals surface area contributed by atoms with Gasteiger partial charge in [0.05, 0.1) is 11.3 Å². The number of carbonyl (C=O) groups is 2. The zero-order valence-electron chi connectivity index (χ0n) is 10.1. The fourth-order valence-corrected chi connectivity index (χ4v) is 2.15. The number of thiophene rings is 1. The Labute approximate surface area is 113 Å². The number of nitrogens with one attached hydrogen (secondary N) is 2. The van der Waals surface area contributed by atoms with Crippen LogP contribution >= 0.6 is 11.3 Å². The van der Waals surface area contributed by atoms with E-state index in [1.807, 2.05) is 5.38 Å². The molecule has 98 valence electrons. The predicted octanol–water partition coefficient (Wildman–Crippen LogP) is 3.40. The van der Waals surface area contributed by atoms with Crippen molar-refractivity contribution in [3.8, 4) is 0 Å². The summed E-state index contributed by atoms with van der Waals surface area (Å²) in [4.78, 5) is 22.7. The summed E-state index contributed by atoms with van der Waals surface area (Å²) in [6.45, 7) is 1.71. The van der Waals surface area contributed by atoms with Gasteiger partial charge in [-0.2, -0.15) is 11.3 Å². The molecule has 19 heavy (non-hydrogen) atoms. The van der Waals surface area contributed by atoms with Crippen molar-refractivity contribution in [1.29, 1.82) is 0 Å². The first-order valence-corrected chi connectivity index (χ1v) is 6.44. The molecule has 0 unspecified atom stereocenters. The van der Waals surface area contributed by atoms with Crippen LogP contribution in [0.15, 0.2) is 35.0 Å². The fraction of sp³-hybridized carbons (Fsp3) is 0.0769. The zero-order chi connectivity index (χ0) is 13.8. The molecule has 1 aromatic heterocycles. The van der Waals surface area contributed by atoms with E-state index in [1.165, 1.54) is 17.4 Å². The molecule has 6 heteroatoms. The lowest BCUT2D eigenvalue weighted by molar-refractivity contribution is 0.0696. The monoisotopic (exact) mass is 276 g/mol. The van der Waals surface area contributed by atoms with Gasteiger partial charge >= 0.3 is 12.0 Å². The van der Waals surface area contributed by atoms with E-state index >= 15 is 0 Å². The normalized spacial score (nSPS) is 9.95. The lowest BCUT2D eigenvalue weighted by Crippen LogP contribution is -2.19. The van der Waals surface area contributed by atoms with Crippen LogP contribution in [0.2, 0.25) is 0 Å². The van der Waals surface area contributed by atoms with E-state index in [1.54, 1.807) is 30.5 Å². The average Bonchev–Trinajstić information content (AvgIpc) is 2.84. The summed E-state index contributed by atoms with van der Waals surface area (Å²) in [5.41, 5.74) is 1.97. The van der Waals surface area contributed by atoms with E-state index in [4.69, 9.17) is 5.11 Å². The minimum atomic E-state index is -1.01. The van der Waals surface area contributed by atoms with Gasteiger partial charge < -0.3 is 15.7 Å². The van der Waals surface area contributed by atoms with Gasteiger partial charge in [-0.3, -0.25) is 0 Å². The van der Waals surface area contributed by atoms with Crippen molar-refractivity contribution in [1.82, 2.24) is 0 Å². The Morgan fingerprint density at radius 2 is 1.89 bits per heavy atom. The number of aromatic carboxylic acids is 1. The summed E-state index contributed by atoms with van der Waals surface area (Å²) < 4.78 is 0. The van der Waals surface area contributed by atoms with Crippen molar-refractivity contribution >= 4 is 34.7 Å². The molecule has 0 saturated carbocycles. The molecule has 0 radical (unpaired) electrons. The van der Waals surface area contributed by atoms with Gasteiger partial charge in [-0.15, -0.1) is 0 Å². The van der Waals surface area contributed by atoms with Crippen LogP contribution < -0.4 is 10.6 Å². The Hall–Kier alpha value is -2.34. The molecule has 0 fully saturated rings. The molecule has 2 aromatic rings. The number of carboxylic acids is 1. The second-order valence-electron chi connectivity index (χ2n) is 3.93. The van der Waals surface area contributed by atoms with Gasteiger partial charge in [-0.25, -0.2) is 9.59 Å². The fourth-order valence-electron chi connectivity index (χ4n) is 1.56. The van der Waals surface area contributed by atoms with Gasteiger partial charge in [0, 0.05) is 11.1 Å². The smallest absolute Gasteiger partial charge is 0.336 e. The van der Waals surface area contributed by atoms with Crippen LogP contribution in [0.3, 0.4) is 0 Å². The Kier molecular flexibility index (Phi) is 3.82. The third-order valence-corrected chi connectivity index (χ3v) is 3.19. The quantitative estimate of drug-likeness (QED) is 0.804. The van der Waals surface area contributed by atoms with Gasteiger partial charge in [0.2, 0.25) is 0 Å². The van der Waals surface area contributed by atoms with Gasteiger partial charge in [-0.1, -0.05) is 6.07 Å². The highest BCUT2D eigenvalue weighted by Crippen LogP contribution is 2.16. The number of urea groups is 1. The van der Waals surface area contributed by atoms with Crippen molar-refractivity contribution in [2.75, 3.05) is 10.6 Å². The first kappa shape index (κ1) is 13.1. The third kappa shape index (κ3) is 3.32. The van der Waals surface area contributed by atoms with Crippen molar-refractivity contribution in [2.24, 2.45) is 0 Å². The molecule has 0 saturated heterocycles. The average molecular weight is 276 g/mol. The van der Waals surface area contributed by atoms with E-state index in [-0.39, 0.29) is 5.56 Å². The van der Waals surface area contributed by atoms with Gasteiger partial charge in [0.1, 0.15) is 0 Å². The molecular formula is C13H12N2O3S. The number of hydrogen-bond acceptors (Lipinski definition) is 3. The molecule has 2 rings (SSSR count). The standard InChI is InChI=1S/C13H12N2O3S/c1-8-2-3-9(6-11(8)12(16)17)14-13(18)15-10-4-5-19-7-10/h2-7H,1H3,(H,16,17)(H2,14,15,18). The van der Waals surface area contributed by atoms with Gasteiger partial charge in [0.25, 0.3) is 0 Å². The van der Waals surface area contributed by atoms with Crippen LogP contribution in [-0.2, 0) is 0 Å². The van der Waals surface area contributed by atoms with Crippen LogP contribution in [-0.4, -0.2) is 17.1 Å². The largest absolute Gasteiger partial charge is 0.478 e. The van der Waals surface area contributed by atoms with Crippen molar-refractivity contribution in [2.45, 2.75) is 6.92 Å². The highest BCUT2D eigenvalue weighted by atomic mass is 32.1. The summed E-state index contributed by atoms with van der Waals surface area (Å²) in [5, 5.41) is 17.9. The Balaban J connectivity index is 2.09. The van der Waals surface area contributed by atoms with Crippen LogP contribution in [0.1, 0.15) is 15.9 Å². The van der Waals surface area contributed by atoms with Crippen molar-refractivity contribution < 1.29 is 14.7 Å². The summed E-state index contributed by atoms with van der Waals surface area (Å²) >= 11 is 1.48.